The number of hydrogen-bond acceptors (Lipinski definition) is 3. The molecule has 0 spiro atoms. The third-order valence-electron chi connectivity index (χ3n) is 2.87. The fourth-order valence-electron chi connectivity index (χ4n) is 1.78. The van der Waals surface area contributed by atoms with Gasteiger partial charge in [-0.15, -0.1) is 0 Å². The van der Waals surface area contributed by atoms with Crippen LogP contribution < -0.4 is 10.5 Å². The van der Waals surface area contributed by atoms with Crippen molar-refractivity contribution in [1.29, 1.82) is 0 Å². The van der Waals surface area contributed by atoms with Crippen molar-refractivity contribution in [3.8, 4) is 5.75 Å². The van der Waals surface area contributed by atoms with Crippen LogP contribution in [-0.2, 0) is 6.54 Å². The van der Waals surface area contributed by atoms with Gasteiger partial charge < -0.3 is 10.5 Å². The Morgan fingerprint density at radius 2 is 2.28 bits per heavy atom. The first-order valence-corrected chi connectivity index (χ1v) is 6.56. The smallest absolute Gasteiger partial charge is 0.119 e. The normalized spacial score (nSPS) is 12.4. The van der Waals surface area contributed by atoms with E-state index in [2.05, 4.69) is 21.0 Å². The van der Waals surface area contributed by atoms with Gasteiger partial charge in [-0.3, -0.25) is 4.68 Å². The number of aryl methyl sites for hydroxylation is 1. The number of nitrogens with two attached hydrogens (primary N) is 1. The second-order valence-electron chi connectivity index (χ2n) is 3.99. The molecule has 0 amide bonds. The van der Waals surface area contributed by atoms with Gasteiger partial charge in [0.25, 0.3) is 0 Å². The van der Waals surface area contributed by atoms with Gasteiger partial charge in [0.15, 0.2) is 0 Å². The van der Waals surface area contributed by atoms with Gasteiger partial charge >= 0.3 is 0 Å². The van der Waals surface area contributed by atoms with Gasteiger partial charge in [-0.2, -0.15) is 5.10 Å². The zero-order valence-electron chi connectivity index (χ0n) is 10.4. The SMILES string of the molecule is CCn1cc(C(N)c2cc(OC)ccc2Br)cn1. The highest BCUT2D eigenvalue weighted by molar-refractivity contribution is 9.10. The lowest BCUT2D eigenvalue weighted by molar-refractivity contribution is 0.414. The third-order valence-corrected chi connectivity index (χ3v) is 3.60. The average molecular weight is 310 g/mol. The van der Waals surface area contributed by atoms with Crippen LogP contribution in [0.15, 0.2) is 35.1 Å². The molecule has 1 heterocycles. The van der Waals surface area contributed by atoms with E-state index in [1.54, 1.807) is 13.3 Å². The molecule has 0 saturated heterocycles. The largest absolute Gasteiger partial charge is 0.497 e. The Labute approximate surface area is 115 Å². The number of rotatable bonds is 4. The molecule has 2 aromatic rings. The quantitative estimate of drug-likeness (QED) is 0.944. The van der Waals surface area contributed by atoms with Crippen molar-refractivity contribution in [3.05, 3.63) is 46.2 Å². The Morgan fingerprint density at radius 1 is 1.50 bits per heavy atom. The summed E-state index contributed by atoms with van der Waals surface area (Å²) in [5.74, 6) is 0.798. The van der Waals surface area contributed by atoms with Crippen LogP contribution in [0, 0.1) is 0 Å². The minimum atomic E-state index is -0.213. The Bertz CT molecular complexity index is 539. The fourth-order valence-corrected chi connectivity index (χ4v) is 2.27. The molecule has 0 radical (unpaired) electrons. The van der Waals surface area contributed by atoms with E-state index < -0.39 is 0 Å². The highest BCUT2D eigenvalue weighted by Crippen LogP contribution is 2.30. The minimum Gasteiger partial charge on any atom is -0.497 e. The second kappa shape index (κ2) is 5.54. The number of methoxy groups -OCH3 is 1. The second-order valence-corrected chi connectivity index (χ2v) is 4.85. The molecule has 0 aliphatic heterocycles. The molecule has 2 N–H and O–H groups in total. The molecular weight excluding hydrogens is 294 g/mol. The summed E-state index contributed by atoms with van der Waals surface area (Å²) in [7, 11) is 1.65. The van der Waals surface area contributed by atoms with Crippen LogP contribution in [-0.4, -0.2) is 16.9 Å². The van der Waals surface area contributed by atoms with Crippen molar-refractivity contribution >= 4 is 15.9 Å². The lowest BCUT2D eigenvalue weighted by Crippen LogP contribution is -2.12. The van der Waals surface area contributed by atoms with E-state index in [1.165, 1.54) is 0 Å². The van der Waals surface area contributed by atoms with E-state index in [-0.39, 0.29) is 6.04 Å². The molecule has 1 aromatic carbocycles. The number of benzene rings is 1. The maximum atomic E-state index is 6.27. The predicted octanol–water partition coefficient (Wildman–Crippen LogP) is 2.72. The molecule has 1 unspecified atom stereocenters. The molecule has 0 aliphatic rings. The van der Waals surface area contributed by atoms with E-state index in [1.807, 2.05) is 36.0 Å². The molecule has 4 nitrogen and oxygen atoms in total. The van der Waals surface area contributed by atoms with Gasteiger partial charge in [0.2, 0.25) is 0 Å². The molecule has 18 heavy (non-hydrogen) atoms. The monoisotopic (exact) mass is 309 g/mol. The van der Waals surface area contributed by atoms with Gasteiger partial charge in [-0.25, -0.2) is 0 Å². The van der Waals surface area contributed by atoms with Gasteiger partial charge in [-0.05, 0) is 30.7 Å². The van der Waals surface area contributed by atoms with Crippen LogP contribution >= 0.6 is 15.9 Å². The Kier molecular flexibility index (Phi) is 4.04. The zero-order chi connectivity index (χ0) is 13.1. The Hall–Kier alpha value is -1.33. The van der Waals surface area contributed by atoms with E-state index in [4.69, 9.17) is 10.5 Å². The van der Waals surface area contributed by atoms with Crippen LogP contribution in [0.2, 0.25) is 0 Å². The van der Waals surface area contributed by atoms with Gasteiger partial charge in [0, 0.05) is 22.8 Å². The van der Waals surface area contributed by atoms with Gasteiger partial charge in [0.05, 0.1) is 19.3 Å². The summed E-state index contributed by atoms with van der Waals surface area (Å²) in [4.78, 5) is 0. The third kappa shape index (κ3) is 2.57. The number of halogens is 1. The first-order valence-electron chi connectivity index (χ1n) is 5.77. The van der Waals surface area contributed by atoms with E-state index >= 15 is 0 Å². The fraction of sp³-hybridized carbons (Fsp3) is 0.308. The summed E-state index contributed by atoms with van der Waals surface area (Å²) in [6, 6.07) is 5.57. The van der Waals surface area contributed by atoms with Crippen LogP contribution in [0.25, 0.3) is 0 Å². The van der Waals surface area contributed by atoms with E-state index in [0.29, 0.717) is 0 Å². The number of hydrogen-bond donors (Lipinski definition) is 1. The molecule has 2 rings (SSSR count). The average Bonchev–Trinajstić information content (AvgIpc) is 2.87. The first kappa shape index (κ1) is 13.1. The molecule has 0 aliphatic carbocycles. The molecular formula is C13H16BrN3O. The molecule has 0 saturated carbocycles. The number of ether oxygens (including phenoxy) is 1. The molecule has 1 atom stereocenters. The first-order chi connectivity index (χ1) is 8.65. The van der Waals surface area contributed by atoms with E-state index in [9.17, 15) is 0 Å². The van der Waals surface area contributed by atoms with Crippen molar-refractivity contribution in [2.45, 2.75) is 19.5 Å². The van der Waals surface area contributed by atoms with Crippen molar-refractivity contribution in [2.24, 2.45) is 5.73 Å². The Morgan fingerprint density at radius 3 is 2.89 bits per heavy atom. The van der Waals surface area contributed by atoms with Crippen LogP contribution in [0.4, 0.5) is 0 Å². The molecule has 5 heteroatoms. The standard InChI is InChI=1S/C13H16BrN3O/c1-3-17-8-9(7-16-17)13(15)11-6-10(18-2)4-5-12(11)14/h4-8,13H,3,15H2,1-2H3. The summed E-state index contributed by atoms with van der Waals surface area (Å²) < 4.78 is 8.06. The highest BCUT2D eigenvalue weighted by atomic mass is 79.9. The van der Waals surface area contributed by atoms with E-state index in [0.717, 1.165) is 27.9 Å². The van der Waals surface area contributed by atoms with Crippen molar-refractivity contribution in [1.82, 2.24) is 9.78 Å². The lowest BCUT2D eigenvalue weighted by Gasteiger charge is -2.13. The van der Waals surface area contributed by atoms with Gasteiger partial charge in [0.1, 0.15) is 5.75 Å². The van der Waals surface area contributed by atoms with Crippen LogP contribution in [0.1, 0.15) is 24.1 Å². The summed E-state index contributed by atoms with van der Waals surface area (Å²) in [5.41, 5.74) is 8.25. The summed E-state index contributed by atoms with van der Waals surface area (Å²) in [6.07, 6.45) is 3.77. The Balaban J connectivity index is 2.35. The molecule has 96 valence electrons. The van der Waals surface area contributed by atoms with Gasteiger partial charge in [-0.1, -0.05) is 15.9 Å². The number of nitrogens with zero attached hydrogens (tertiary/aromatic N) is 2. The lowest BCUT2D eigenvalue weighted by atomic mass is 10.0. The molecule has 0 fully saturated rings. The minimum absolute atomic E-state index is 0.213. The highest BCUT2D eigenvalue weighted by Gasteiger charge is 2.15. The molecule has 0 bridgehead atoms. The maximum absolute atomic E-state index is 6.27. The summed E-state index contributed by atoms with van der Waals surface area (Å²) in [6.45, 7) is 2.88. The van der Waals surface area contributed by atoms with Crippen molar-refractivity contribution in [2.75, 3.05) is 7.11 Å². The van der Waals surface area contributed by atoms with Crippen molar-refractivity contribution in [3.63, 3.8) is 0 Å². The topological polar surface area (TPSA) is 53.1 Å². The van der Waals surface area contributed by atoms with Crippen LogP contribution in [0.5, 0.6) is 5.75 Å². The molecule has 1 aromatic heterocycles. The predicted molar refractivity (Wildman–Crippen MR) is 74.6 cm³/mol. The number of aromatic nitrogens is 2. The zero-order valence-corrected chi connectivity index (χ0v) is 12.0. The maximum Gasteiger partial charge on any atom is 0.119 e. The van der Waals surface area contributed by atoms with Crippen molar-refractivity contribution < 1.29 is 4.74 Å². The van der Waals surface area contributed by atoms with Crippen LogP contribution in [0.3, 0.4) is 0 Å². The summed E-state index contributed by atoms with van der Waals surface area (Å²) in [5, 5.41) is 4.24. The summed E-state index contributed by atoms with van der Waals surface area (Å²) >= 11 is 3.52.